The second-order valence-corrected chi connectivity index (χ2v) is 20.0. The first-order valence-corrected chi connectivity index (χ1v) is 27.1. The molecular weight excluding hydrogens is 995 g/mol. The minimum Gasteiger partial charge on any atom is -0.468 e. The van der Waals surface area contributed by atoms with Crippen molar-refractivity contribution in [3.63, 3.8) is 0 Å². The van der Waals surface area contributed by atoms with Gasteiger partial charge >= 0.3 is 12.1 Å². The number of amides is 2. The number of aromatic nitrogens is 4. The van der Waals surface area contributed by atoms with Gasteiger partial charge in [0.2, 0.25) is 26.0 Å². The number of carbonyl (C=O) groups excluding carboxylic acids is 3. The number of imidazole rings is 1. The molecule has 0 spiro atoms. The van der Waals surface area contributed by atoms with Gasteiger partial charge in [-0.15, -0.1) is 0 Å². The van der Waals surface area contributed by atoms with Crippen LogP contribution < -0.4 is 25.4 Å². The third-order valence-corrected chi connectivity index (χ3v) is 14.0. The summed E-state index contributed by atoms with van der Waals surface area (Å²) in [7, 11) is -3.18. The van der Waals surface area contributed by atoms with E-state index in [9.17, 15) is 31.2 Å². The molecule has 21 nitrogen and oxygen atoms in total. The summed E-state index contributed by atoms with van der Waals surface area (Å²) in [4.78, 5) is 41.4. The van der Waals surface area contributed by atoms with E-state index in [2.05, 4.69) is 35.5 Å². The van der Waals surface area contributed by atoms with E-state index in [0.717, 1.165) is 55.2 Å². The topological polar surface area (TPSA) is 261 Å². The molecule has 4 aromatic carbocycles. The molecule has 0 aliphatic heterocycles. The lowest BCUT2D eigenvalue weighted by Crippen LogP contribution is -2.48. The molecule has 0 fully saturated rings. The molecule has 2 amide bonds. The average molecular weight is 1060 g/mol. The van der Waals surface area contributed by atoms with Gasteiger partial charge in [-0.2, -0.15) is 9.82 Å². The van der Waals surface area contributed by atoms with Gasteiger partial charge in [0, 0.05) is 76.8 Å². The van der Waals surface area contributed by atoms with Gasteiger partial charge in [-0.05, 0) is 78.4 Å². The van der Waals surface area contributed by atoms with Crippen molar-refractivity contribution in [2.24, 2.45) is 7.05 Å². The molecule has 74 heavy (non-hydrogen) atoms. The Labute approximate surface area is 432 Å². The Balaban J connectivity index is 0.000000386. The first-order valence-electron chi connectivity index (χ1n) is 24.1. The molecule has 0 saturated heterocycles. The molecule has 0 aliphatic rings. The third kappa shape index (κ3) is 19.0. The quantitative estimate of drug-likeness (QED) is 0.0285. The summed E-state index contributed by atoms with van der Waals surface area (Å²) in [6.45, 7) is 6.95. The normalized spacial score (nSPS) is 11.8. The second kappa shape index (κ2) is 30.5. The second-order valence-electron chi connectivity index (χ2n) is 16.6. The molecule has 2 aromatic heterocycles. The number of esters is 1. The van der Waals surface area contributed by atoms with Gasteiger partial charge in [0.15, 0.2) is 0 Å². The molecule has 6 aromatic rings. The number of hydrogen-bond donors (Lipinski definition) is 5. The van der Waals surface area contributed by atoms with Crippen molar-refractivity contribution in [2.75, 3.05) is 78.7 Å². The maximum Gasteiger partial charge on any atom is 0.407 e. The van der Waals surface area contributed by atoms with Crippen LogP contribution in [0.25, 0.3) is 22.0 Å². The maximum absolute atomic E-state index is 13.3. The fourth-order valence-corrected chi connectivity index (χ4v) is 9.22. The summed E-state index contributed by atoms with van der Waals surface area (Å²) >= 11 is 0. The van der Waals surface area contributed by atoms with Crippen molar-refractivity contribution in [2.45, 2.75) is 61.6 Å². The van der Waals surface area contributed by atoms with Crippen LogP contribution >= 0.6 is 0 Å². The number of anilines is 1. The van der Waals surface area contributed by atoms with Gasteiger partial charge in [0.1, 0.15) is 12.6 Å². The Morgan fingerprint density at radius 1 is 0.730 bits per heavy atom. The smallest absolute Gasteiger partial charge is 0.407 e. The molecule has 0 radical (unpaired) electrons. The lowest BCUT2D eigenvalue weighted by molar-refractivity contribution is -0.142. The van der Waals surface area contributed by atoms with Gasteiger partial charge in [-0.1, -0.05) is 67.9 Å². The largest absolute Gasteiger partial charge is 0.468 e. The van der Waals surface area contributed by atoms with E-state index in [1.54, 1.807) is 62.0 Å². The Bertz CT molecular complexity index is 2880. The molecule has 400 valence electrons. The molecule has 2 heterocycles. The Kier molecular flexibility index (Phi) is 23.9. The summed E-state index contributed by atoms with van der Waals surface area (Å²) in [5, 5.41) is 13.8. The number of benzene rings is 4. The number of carbonyl (C=O) groups is 3. The van der Waals surface area contributed by atoms with Gasteiger partial charge in [-0.3, -0.25) is 14.3 Å². The highest BCUT2D eigenvalue weighted by atomic mass is 32.2. The predicted octanol–water partition coefficient (Wildman–Crippen LogP) is 5.25. The zero-order valence-electron chi connectivity index (χ0n) is 42.2. The van der Waals surface area contributed by atoms with Crippen LogP contribution in [0, 0.1) is 0 Å². The van der Waals surface area contributed by atoms with E-state index in [-0.39, 0.29) is 22.9 Å². The van der Waals surface area contributed by atoms with Crippen molar-refractivity contribution < 1.29 is 54.9 Å². The molecule has 0 aliphatic carbocycles. The first kappa shape index (κ1) is 58.2. The van der Waals surface area contributed by atoms with Crippen molar-refractivity contribution >= 4 is 54.9 Å². The van der Waals surface area contributed by atoms with E-state index < -0.39 is 44.1 Å². The van der Waals surface area contributed by atoms with Gasteiger partial charge in [0.05, 0.1) is 55.0 Å². The highest BCUT2D eigenvalue weighted by Crippen LogP contribution is 2.24. The van der Waals surface area contributed by atoms with Crippen LogP contribution in [0.1, 0.15) is 48.5 Å². The summed E-state index contributed by atoms with van der Waals surface area (Å²) < 4.78 is 85.6. The average Bonchev–Trinajstić information content (AvgIpc) is 4.03. The molecule has 5 N–H and O–H groups in total. The lowest BCUT2D eigenvalue weighted by Gasteiger charge is -2.17. The molecule has 0 bridgehead atoms. The number of hydrogen-bond acceptors (Lipinski definition) is 15. The van der Waals surface area contributed by atoms with Crippen molar-refractivity contribution in [1.29, 1.82) is 0 Å². The van der Waals surface area contributed by atoms with E-state index in [1.807, 2.05) is 59.7 Å². The summed E-state index contributed by atoms with van der Waals surface area (Å²) in [5.41, 5.74) is 3.45. The van der Waals surface area contributed by atoms with Crippen molar-refractivity contribution in [1.82, 2.24) is 39.4 Å². The lowest BCUT2D eigenvalue weighted by atomic mass is 10.1. The number of aryl methyl sites for hydroxylation is 2. The predicted molar refractivity (Wildman–Crippen MR) is 279 cm³/mol. The molecular formula is C51H67N9O12S2. The summed E-state index contributed by atoms with van der Waals surface area (Å²) in [6, 6.07) is 25.4. The Morgan fingerprint density at radius 3 is 2.05 bits per heavy atom. The van der Waals surface area contributed by atoms with Crippen LogP contribution in [0.2, 0.25) is 0 Å². The monoisotopic (exact) mass is 1060 g/mol. The van der Waals surface area contributed by atoms with E-state index in [1.165, 1.54) is 24.3 Å². The zero-order chi connectivity index (χ0) is 53.2. The zero-order valence-corrected chi connectivity index (χ0v) is 43.8. The third-order valence-electron chi connectivity index (χ3n) is 11.0. The van der Waals surface area contributed by atoms with Gasteiger partial charge in [-0.25, -0.2) is 31.3 Å². The van der Waals surface area contributed by atoms with Crippen LogP contribution in [-0.2, 0) is 68.7 Å². The Morgan fingerprint density at radius 2 is 1.41 bits per heavy atom. The van der Waals surface area contributed by atoms with Crippen molar-refractivity contribution in [3.8, 4) is 11.1 Å². The minimum atomic E-state index is -4.22. The van der Waals surface area contributed by atoms with E-state index in [4.69, 9.17) is 23.7 Å². The standard InChI is InChI=1S/C35H42N8O7S2.C16H25NO5/c1-4-5-18-40-51(46,47)29-12-7-25(8-13-29)26-9-14-30(15-10-26)52(48,49)41-31(34(45)50-3)24-38-33(44)27-11-16-32-28(22-27)23-39-43(32)20-6-17-36-35-37-19-21-42(35)2;1-19-10-11-21-13-12-20-9-5-8-17-16(18)22-14-15-6-3-2-4-7-15/h7-16,19,21-23,31,40-41H,4-6,17-18,20,24H2,1-3H3,(H,36,37)(H,38,44);2-4,6-7H,5,8-14H2,1H3,(H,17,18). The highest BCUT2D eigenvalue weighted by Gasteiger charge is 2.27. The minimum absolute atomic E-state index is 0.120. The van der Waals surface area contributed by atoms with Crippen LogP contribution in [-0.4, -0.2) is 134 Å². The first-order chi connectivity index (χ1) is 35.7. The Hall–Kier alpha value is -6.73. The van der Waals surface area contributed by atoms with Crippen LogP contribution in [0.3, 0.4) is 0 Å². The number of nitrogens with zero attached hydrogens (tertiary/aromatic N) is 4. The number of sulfonamides is 2. The SMILES string of the molecule is CCCCNS(=O)(=O)c1ccc(-c2ccc(S(=O)(=O)NC(CNC(=O)c3ccc4c(cnn4CCCNc4nccn4C)c3)C(=O)OC)cc2)cc1.COCCOCCOCCCNC(=O)OCc1ccccc1. The van der Waals surface area contributed by atoms with Crippen LogP contribution in [0.4, 0.5) is 10.7 Å². The number of fused-ring (bicyclic) bond motifs is 1. The van der Waals surface area contributed by atoms with Crippen LogP contribution in [0.5, 0.6) is 0 Å². The van der Waals surface area contributed by atoms with Gasteiger partial charge in [0.25, 0.3) is 5.91 Å². The van der Waals surface area contributed by atoms with E-state index >= 15 is 0 Å². The number of ether oxygens (including phenoxy) is 5. The summed E-state index contributed by atoms with van der Waals surface area (Å²) in [6.07, 6.45) is 7.97. The van der Waals surface area contributed by atoms with Crippen LogP contribution in [0.15, 0.2) is 125 Å². The molecule has 1 unspecified atom stereocenters. The number of rotatable bonds is 30. The fourth-order valence-electron chi connectivity index (χ4n) is 6.96. The molecule has 23 heteroatoms. The van der Waals surface area contributed by atoms with Gasteiger partial charge < -0.3 is 44.2 Å². The van der Waals surface area contributed by atoms with E-state index in [0.29, 0.717) is 75.9 Å². The number of alkyl carbamates (subject to hydrolysis) is 1. The number of methoxy groups -OCH3 is 2. The maximum atomic E-state index is 13.3. The number of nitrogens with one attached hydrogen (secondary N) is 5. The number of unbranched alkanes of at least 4 members (excludes halogenated alkanes) is 1. The highest BCUT2D eigenvalue weighted by molar-refractivity contribution is 7.89. The fraction of sp³-hybridized carbons (Fsp3) is 0.392. The summed E-state index contributed by atoms with van der Waals surface area (Å²) in [5.74, 6) is -0.611. The molecule has 1 atom stereocenters. The molecule has 6 rings (SSSR count). The molecule has 0 saturated carbocycles. The van der Waals surface area contributed by atoms with Crippen molar-refractivity contribution in [3.05, 3.63) is 127 Å².